The fraction of sp³-hybridized carbons (Fsp3) is 0.429. The predicted octanol–water partition coefficient (Wildman–Crippen LogP) is 5.23. The third kappa shape index (κ3) is 3.71. The normalized spacial score (nSPS) is 21.4. The minimum Gasteiger partial charge on any atom is -0.381 e. The summed E-state index contributed by atoms with van der Waals surface area (Å²) in [6.45, 7) is 1.08. The Bertz CT molecular complexity index is 937. The van der Waals surface area contributed by atoms with Crippen LogP contribution in [0.4, 0.5) is 37.7 Å². The number of hydrogen-bond donors (Lipinski definition) is 2. The number of likely N-dealkylation sites (N-methyl/N-ethyl adjacent to an activating group) is 1. The lowest BCUT2D eigenvalue weighted by Crippen LogP contribution is -2.42. The van der Waals surface area contributed by atoms with E-state index in [2.05, 4.69) is 10.6 Å². The lowest BCUT2D eigenvalue weighted by atomic mass is 9.89. The van der Waals surface area contributed by atoms with Crippen molar-refractivity contribution in [2.24, 2.45) is 0 Å². The average Bonchev–Trinajstić information content (AvgIpc) is 2.97. The van der Waals surface area contributed by atoms with Crippen molar-refractivity contribution < 1.29 is 26.3 Å². The number of anilines is 2. The van der Waals surface area contributed by atoms with Crippen molar-refractivity contribution in [1.82, 2.24) is 5.32 Å². The molecule has 30 heavy (non-hydrogen) atoms. The molecule has 0 aromatic heterocycles. The molecule has 2 heterocycles. The van der Waals surface area contributed by atoms with Crippen LogP contribution in [0.5, 0.6) is 0 Å². The van der Waals surface area contributed by atoms with E-state index in [9.17, 15) is 26.3 Å². The molecule has 2 aliphatic heterocycles. The molecular weight excluding hydrogens is 408 g/mol. The minimum atomic E-state index is -4.57. The Morgan fingerprint density at radius 1 is 1.03 bits per heavy atom. The monoisotopic (exact) mass is 429 g/mol. The number of benzene rings is 2. The number of halogens is 6. The van der Waals surface area contributed by atoms with Gasteiger partial charge < -0.3 is 15.5 Å². The molecule has 2 aliphatic rings. The van der Waals surface area contributed by atoms with Crippen LogP contribution in [0.1, 0.15) is 34.6 Å². The van der Waals surface area contributed by atoms with Gasteiger partial charge in [-0.25, -0.2) is 0 Å². The van der Waals surface area contributed by atoms with E-state index in [1.165, 1.54) is 18.2 Å². The largest absolute Gasteiger partial charge is 0.418 e. The second-order valence-corrected chi connectivity index (χ2v) is 7.75. The Balaban J connectivity index is 1.70. The summed E-state index contributed by atoms with van der Waals surface area (Å²) < 4.78 is 81.2. The minimum absolute atomic E-state index is 0.0200. The first kappa shape index (κ1) is 20.8. The van der Waals surface area contributed by atoms with Crippen LogP contribution in [-0.4, -0.2) is 26.2 Å². The molecule has 0 amide bonds. The predicted molar refractivity (Wildman–Crippen MR) is 103 cm³/mol. The Labute approximate surface area is 170 Å². The summed E-state index contributed by atoms with van der Waals surface area (Å²) in [5, 5.41) is 6.01. The van der Waals surface area contributed by atoms with Gasteiger partial charge in [0.25, 0.3) is 0 Å². The van der Waals surface area contributed by atoms with Crippen molar-refractivity contribution >= 4 is 11.4 Å². The third-order valence-electron chi connectivity index (χ3n) is 5.95. The molecule has 1 fully saturated rings. The zero-order valence-electron chi connectivity index (χ0n) is 16.2. The maximum Gasteiger partial charge on any atom is 0.418 e. The summed E-state index contributed by atoms with van der Waals surface area (Å²) in [5.74, 6) is -0.0935. The van der Waals surface area contributed by atoms with E-state index >= 15 is 0 Å². The van der Waals surface area contributed by atoms with Crippen LogP contribution in [0.2, 0.25) is 0 Å². The van der Waals surface area contributed by atoms with E-state index in [1.54, 1.807) is 18.0 Å². The molecule has 9 heteroatoms. The number of fused-ring (bicyclic) bond motifs is 3. The van der Waals surface area contributed by atoms with Crippen molar-refractivity contribution in [3.63, 3.8) is 0 Å². The van der Waals surface area contributed by atoms with Gasteiger partial charge in [0.1, 0.15) is 0 Å². The third-order valence-corrected chi connectivity index (χ3v) is 5.95. The van der Waals surface area contributed by atoms with Gasteiger partial charge in [-0.2, -0.15) is 26.3 Å². The first-order chi connectivity index (χ1) is 14.1. The smallest absolute Gasteiger partial charge is 0.381 e. The summed E-state index contributed by atoms with van der Waals surface area (Å²) in [6, 6.07) is 7.67. The summed E-state index contributed by atoms with van der Waals surface area (Å²) in [7, 11) is 1.68. The molecule has 0 saturated carbocycles. The fourth-order valence-corrected chi connectivity index (χ4v) is 4.59. The van der Waals surface area contributed by atoms with Gasteiger partial charge in [0, 0.05) is 37.8 Å². The number of nitrogens with zero attached hydrogens (tertiary/aromatic N) is 1. The van der Waals surface area contributed by atoms with Crippen molar-refractivity contribution in [2.75, 3.05) is 30.4 Å². The molecule has 2 aromatic carbocycles. The second kappa shape index (κ2) is 7.37. The van der Waals surface area contributed by atoms with Crippen molar-refractivity contribution in [2.45, 2.75) is 37.3 Å². The van der Waals surface area contributed by atoms with Gasteiger partial charge in [-0.1, -0.05) is 18.2 Å². The molecule has 162 valence electrons. The number of alkyl halides is 6. The molecule has 2 atom stereocenters. The van der Waals surface area contributed by atoms with Crippen LogP contribution in [-0.2, 0) is 18.9 Å². The summed E-state index contributed by atoms with van der Waals surface area (Å²) in [5.41, 5.74) is -0.667. The van der Waals surface area contributed by atoms with E-state index in [0.29, 0.717) is 12.1 Å². The van der Waals surface area contributed by atoms with Gasteiger partial charge in [-0.15, -0.1) is 0 Å². The van der Waals surface area contributed by atoms with Gasteiger partial charge in [0.05, 0.1) is 16.8 Å². The molecule has 0 spiro atoms. The number of hydrogen-bond acceptors (Lipinski definition) is 3. The molecular formula is C21H21F6N3. The van der Waals surface area contributed by atoms with Gasteiger partial charge in [-0.3, -0.25) is 0 Å². The Hall–Kier alpha value is -2.42. The SMILES string of the molecule is CN1c2c(cc(NCc3ccccc3C(F)(F)F)cc2C(F)(F)F)C2CNCC[C@@H]21. The first-order valence-corrected chi connectivity index (χ1v) is 9.65. The molecule has 2 aromatic rings. The van der Waals surface area contributed by atoms with Crippen LogP contribution in [0.25, 0.3) is 0 Å². The lowest BCUT2D eigenvalue weighted by Gasteiger charge is -2.31. The van der Waals surface area contributed by atoms with E-state index in [4.69, 9.17) is 0 Å². The van der Waals surface area contributed by atoms with Gasteiger partial charge in [0.15, 0.2) is 0 Å². The molecule has 0 aliphatic carbocycles. The molecule has 0 bridgehead atoms. The van der Waals surface area contributed by atoms with Gasteiger partial charge >= 0.3 is 12.4 Å². The highest BCUT2D eigenvalue weighted by molar-refractivity contribution is 5.72. The van der Waals surface area contributed by atoms with Crippen LogP contribution in [0, 0.1) is 0 Å². The fourth-order valence-electron chi connectivity index (χ4n) is 4.59. The maximum absolute atomic E-state index is 13.8. The molecule has 4 rings (SSSR count). The van der Waals surface area contributed by atoms with Crippen molar-refractivity contribution in [3.05, 3.63) is 58.7 Å². The van der Waals surface area contributed by atoms with Crippen LogP contribution >= 0.6 is 0 Å². The summed E-state index contributed by atoms with van der Waals surface area (Å²) in [6.07, 6.45) is -8.37. The van der Waals surface area contributed by atoms with Crippen LogP contribution in [0.3, 0.4) is 0 Å². The second-order valence-electron chi connectivity index (χ2n) is 7.75. The van der Waals surface area contributed by atoms with Crippen LogP contribution < -0.4 is 15.5 Å². The zero-order chi connectivity index (χ0) is 21.7. The first-order valence-electron chi connectivity index (χ1n) is 9.65. The van der Waals surface area contributed by atoms with Crippen molar-refractivity contribution in [1.29, 1.82) is 0 Å². The number of piperidine rings is 1. The molecule has 2 N–H and O–H groups in total. The van der Waals surface area contributed by atoms with E-state index in [0.717, 1.165) is 25.1 Å². The van der Waals surface area contributed by atoms with Crippen LogP contribution in [0.15, 0.2) is 36.4 Å². The lowest BCUT2D eigenvalue weighted by molar-refractivity contribution is -0.138. The standard InChI is InChI=1S/C21H21F6N3/c1-30-18-6-7-28-11-15(18)14-8-13(9-17(19(14)30)21(25,26)27)29-10-12-4-2-3-5-16(12)20(22,23)24/h2-5,8-9,15,18,28-29H,6-7,10-11H2,1H3/t15?,18-/m0/s1. The van der Waals surface area contributed by atoms with Gasteiger partial charge in [-0.05, 0) is 42.3 Å². The zero-order valence-corrected chi connectivity index (χ0v) is 16.2. The van der Waals surface area contributed by atoms with E-state index < -0.39 is 23.5 Å². The quantitative estimate of drug-likeness (QED) is 0.655. The molecule has 1 unspecified atom stereocenters. The number of nitrogens with one attached hydrogen (secondary N) is 2. The number of rotatable bonds is 3. The Morgan fingerprint density at radius 2 is 1.73 bits per heavy atom. The Kier molecular flexibility index (Phi) is 5.12. The summed E-state index contributed by atoms with van der Waals surface area (Å²) in [4.78, 5) is 1.70. The summed E-state index contributed by atoms with van der Waals surface area (Å²) >= 11 is 0. The highest BCUT2D eigenvalue weighted by Crippen LogP contribution is 2.50. The van der Waals surface area contributed by atoms with E-state index in [1.807, 2.05) is 0 Å². The topological polar surface area (TPSA) is 27.3 Å². The van der Waals surface area contributed by atoms with Crippen molar-refractivity contribution in [3.8, 4) is 0 Å². The molecule has 0 radical (unpaired) electrons. The van der Waals surface area contributed by atoms with E-state index in [-0.39, 0.29) is 35.4 Å². The molecule has 1 saturated heterocycles. The molecule has 3 nitrogen and oxygen atoms in total. The Morgan fingerprint density at radius 3 is 2.43 bits per heavy atom. The highest BCUT2D eigenvalue weighted by atomic mass is 19.4. The van der Waals surface area contributed by atoms with Gasteiger partial charge in [0.2, 0.25) is 0 Å². The highest BCUT2D eigenvalue weighted by Gasteiger charge is 2.45. The average molecular weight is 429 g/mol. The maximum atomic E-state index is 13.8.